The number of nitrogens with zero attached hydrogens (tertiary/aromatic N) is 2. The van der Waals surface area contributed by atoms with Crippen molar-refractivity contribution < 1.29 is 9.53 Å². The summed E-state index contributed by atoms with van der Waals surface area (Å²) in [4.78, 5) is 18.2. The van der Waals surface area contributed by atoms with Crippen molar-refractivity contribution in [2.45, 2.75) is 6.54 Å². The molecule has 5 heteroatoms. The van der Waals surface area contributed by atoms with Crippen LogP contribution in [0.4, 0.5) is 5.69 Å². The summed E-state index contributed by atoms with van der Waals surface area (Å²) in [5.74, 6) is -0.0837. The van der Waals surface area contributed by atoms with Gasteiger partial charge >= 0.3 is 0 Å². The molecule has 0 spiro atoms. The maximum atomic E-state index is 12.0. The largest absolute Gasteiger partial charge is 0.378 e. The maximum absolute atomic E-state index is 12.0. The first-order chi connectivity index (χ1) is 10.8. The lowest BCUT2D eigenvalue weighted by molar-refractivity contribution is 0.0951. The number of carbonyl (C=O) groups is 1. The van der Waals surface area contributed by atoms with E-state index in [1.54, 1.807) is 24.5 Å². The number of morpholine rings is 1. The number of pyridine rings is 1. The summed E-state index contributed by atoms with van der Waals surface area (Å²) in [6.45, 7) is 3.94. The van der Waals surface area contributed by atoms with Crippen molar-refractivity contribution in [3.05, 3.63) is 59.9 Å². The molecule has 1 amide bonds. The van der Waals surface area contributed by atoms with E-state index in [4.69, 9.17) is 4.74 Å². The fourth-order valence-corrected chi connectivity index (χ4v) is 2.43. The van der Waals surface area contributed by atoms with Crippen LogP contribution in [0.3, 0.4) is 0 Å². The second-order valence-corrected chi connectivity index (χ2v) is 5.18. The van der Waals surface area contributed by atoms with E-state index < -0.39 is 0 Å². The molecule has 1 N–H and O–H groups in total. The van der Waals surface area contributed by atoms with Gasteiger partial charge in [0.2, 0.25) is 0 Å². The first kappa shape index (κ1) is 14.5. The van der Waals surface area contributed by atoms with Crippen LogP contribution in [0.25, 0.3) is 0 Å². The number of benzene rings is 1. The van der Waals surface area contributed by atoms with Gasteiger partial charge in [-0.25, -0.2) is 0 Å². The van der Waals surface area contributed by atoms with Gasteiger partial charge in [0.1, 0.15) is 0 Å². The van der Waals surface area contributed by atoms with Crippen molar-refractivity contribution in [3.63, 3.8) is 0 Å². The fraction of sp³-hybridized carbons (Fsp3) is 0.294. The summed E-state index contributed by atoms with van der Waals surface area (Å²) in [5, 5.41) is 2.91. The van der Waals surface area contributed by atoms with E-state index in [1.807, 2.05) is 0 Å². The van der Waals surface area contributed by atoms with Crippen LogP contribution in [-0.4, -0.2) is 37.2 Å². The third-order valence-corrected chi connectivity index (χ3v) is 3.71. The lowest BCUT2D eigenvalue weighted by Gasteiger charge is -2.28. The molecule has 2 heterocycles. The van der Waals surface area contributed by atoms with Crippen LogP contribution < -0.4 is 10.2 Å². The van der Waals surface area contributed by atoms with Gasteiger partial charge in [0.25, 0.3) is 5.91 Å². The molecule has 0 atom stereocenters. The van der Waals surface area contributed by atoms with Crippen LogP contribution in [0.15, 0.2) is 48.8 Å². The van der Waals surface area contributed by atoms with Gasteiger partial charge in [0.05, 0.1) is 13.2 Å². The van der Waals surface area contributed by atoms with E-state index in [9.17, 15) is 4.79 Å². The monoisotopic (exact) mass is 297 g/mol. The Morgan fingerprint density at radius 3 is 2.45 bits per heavy atom. The Labute approximate surface area is 129 Å². The van der Waals surface area contributed by atoms with Crippen molar-refractivity contribution in [1.82, 2.24) is 10.3 Å². The predicted octanol–water partition coefficient (Wildman–Crippen LogP) is 1.85. The Morgan fingerprint density at radius 2 is 1.77 bits per heavy atom. The quantitative estimate of drug-likeness (QED) is 0.936. The molecule has 0 aliphatic carbocycles. The highest BCUT2D eigenvalue weighted by Gasteiger charge is 2.11. The summed E-state index contributed by atoms with van der Waals surface area (Å²) < 4.78 is 5.36. The molecule has 1 saturated heterocycles. The van der Waals surface area contributed by atoms with Crippen molar-refractivity contribution in [2.24, 2.45) is 0 Å². The molecule has 0 bridgehead atoms. The zero-order valence-electron chi connectivity index (χ0n) is 12.4. The van der Waals surface area contributed by atoms with Crippen molar-refractivity contribution >= 4 is 11.6 Å². The molecule has 22 heavy (non-hydrogen) atoms. The number of amides is 1. The molecule has 114 valence electrons. The highest BCUT2D eigenvalue weighted by molar-refractivity contribution is 5.93. The minimum absolute atomic E-state index is 0.0837. The molecular formula is C17H19N3O2. The lowest BCUT2D eigenvalue weighted by Crippen LogP contribution is -2.36. The fourth-order valence-electron chi connectivity index (χ4n) is 2.43. The first-order valence-corrected chi connectivity index (χ1v) is 7.43. The minimum Gasteiger partial charge on any atom is -0.378 e. The smallest absolute Gasteiger partial charge is 0.251 e. The first-order valence-electron chi connectivity index (χ1n) is 7.43. The highest BCUT2D eigenvalue weighted by atomic mass is 16.5. The molecule has 1 aliphatic heterocycles. The lowest BCUT2D eigenvalue weighted by atomic mass is 10.1. The third kappa shape index (κ3) is 3.62. The van der Waals surface area contributed by atoms with E-state index in [-0.39, 0.29) is 5.91 Å². The number of nitrogens with one attached hydrogen (secondary N) is 1. The maximum Gasteiger partial charge on any atom is 0.251 e. The molecule has 3 rings (SSSR count). The summed E-state index contributed by atoms with van der Waals surface area (Å²) in [6, 6.07) is 11.7. The molecular weight excluding hydrogens is 278 g/mol. The number of rotatable bonds is 4. The number of carbonyl (C=O) groups excluding carboxylic acids is 1. The molecule has 1 aromatic carbocycles. The Hall–Kier alpha value is -2.40. The van der Waals surface area contributed by atoms with E-state index in [2.05, 4.69) is 39.5 Å². The molecule has 0 unspecified atom stereocenters. The third-order valence-electron chi connectivity index (χ3n) is 3.71. The Balaban J connectivity index is 1.56. The molecule has 1 fully saturated rings. The molecule has 1 aliphatic rings. The Morgan fingerprint density at radius 1 is 1.09 bits per heavy atom. The van der Waals surface area contributed by atoms with Crippen molar-refractivity contribution in [2.75, 3.05) is 31.2 Å². The van der Waals surface area contributed by atoms with Crippen LogP contribution >= 0.6 is 0 Å². The van der Waals surface area contributed by atoms with Crippen molar-refractivity contribution in [3.8, 4) is 0 Å². The van der Waals surface area contributed by atoms with Gasteiger partial charge in [-0.1, -0.05) is 12.1 Å². The van der Waals surface area contributed by atoms with Crippen LogP contribution in [0.2, 0.25) is 0 Å². The van der Waals surface area contributed by atoms with Crippen molar-refractivity contribution in [1.29, 1.82) is 0 Å². The zero-order valence-corrected chi connectivity index (χ0v) is 12.4. The molecule has 1 aromatic heterocycles. The average Bonchev–Trinajstić information content (AvgIpc) is 2.61. The van der Waals surface area contributed by atoms with Gasteiger partial charge in [-0.05, 0) is 29.8 Å². The second kappa shape index (κ2) is 7.04. The van der Waals surface area contributed by atoms with E-state index >= 15 is 0 Å². The van der Waals surface area contributed by atoms with Gasteiger partial charge < -0.3 is 15.0 Å². The van der Waals surface area contributed by atoms with Gasteiger partial charge in [0, 0.05) is 43.3 Å². The number of aromatic nitrogens is 1. The molecule has 0 saturated carbocycles. The average molecular weight is 297 g/mol. The minimum atomic E-state index is -0.0837. The Kier molecular flexibility index (Phi) is 4.65. The number of hydrogen-bond donors (Lipinski definition) is 1. The summed E-state index contributed by atoms with van der Waals surface area (Å²) in [6.07, 6.45) is 3.23. The molecule has 0 radical (unpaired) electrons. The van der Waals surface area contributed by atoms with Gasteiger partial charge in [-0.3, -0.25) is 9.78 Å². The summed E-state index contributed by atoms with van der Waals surface area (Å²) >= 11 is 0. The predicted molar refractivity (Wildman–Crippen MR) is 84.9 cm³/mol. The zero-order chi connectivity index (χ0) is 15.2. The van der Waals surface area contributed by atoms with Crippen LogP contribution in [-0.2, 0) is 11.3 Å². The summed E-state index contributed by atoms with van der Waals surface area (Å²) in [5.41, 5.74) is 2.91. The normalized spacial score (nSPS) is 14.6. The highest BCUT2D eigenvalue weighted by Crippen LogP contribution is 2.16. The van der Waals surface area contributed by atoms with E-state index in [1.165, 1.54) is 5.69 Å². The number of ether oxygens (including phenoxy) is 1. The summed E-state index contributed by atoms with van der Waals surface area (Å²) in [7, 11) is 0. The van der Waals surface area contributed by atoms with Crippen LogP contribution in [0.1, 0.15) is 15.9 Å². The van der Waals surface area contributed by atoms with Gasteiger partial charge in [-0.15, -0.1) is 0 Å². The van der Waals surface area contributed by atoms with Crippen LogP contribution in [0, 0.1) is 0 Å². The topological polar surface area (TPSA) is 54.5 Å². The molecule has 5 nitrogen and oxygen atoms in total. The van der Waals surface area contributed by atoms with E-state index in [0.717, 1.165) is 31.9 Å². The SMILES string of the molecule is O=C(NCc1ccc(N2CCOCC2)cc1)c1ccncc1. The molecule has 2 aromatic rings. The van der Waals surface area contributed by atoms with Gasteiger partial charge in [-0.2, -0.15) is 0 Å². The number of anilines is 1. The number of hydrogen-bond acceptors (Lipinski definition) is 4. The van der Waals surface area contributed by atoms with Crippen LogP contribution in [0.5, 0.6) is 0 Å². The van der Waals surface area contributed by atoms with E-state index in [0.29, 0.717) is 12.1 Å². The van der Waals surface area contributed by atoms with Gasteiger partial charge in [0.15, 0.2) is 0 Å². The standard InChI is InChI=1S/C17H19N3O2/c21-17(15-5-7-18-8-6-15)19-13-14-1-3-16(4-2-14)20-9-11-22-12-10-20/h1-8H,9-13H2,(H,19,21). The Bertz CT molecular complexity index is 608. The second-order valence-electron chi connectivity index (χ2n) is 5.18.